The number of aliphatic hydroxyl groups is 1. The van der Waals surface area contributed by atoms with Gasteiger partial charge in [-0.25, -0.2) is 4.68 Å². The first-order valence-electron chi connectivity index (χ1n) is 6.06. The highest BCUT2D eigenvalue weighted by Gasteiger charge is 2.47. The normalized spacial score (nSPS) is 26.3. The minimum atomic E-state index is -0.242. The zero-order valence-corrected chi connectivity index (χ0v) is 11.0. The second kappa shape index (κ2) is 4.07. The summed E-state index contributed by atoms with van der Waals surface area (Å²) in [6.45, 7) is 8.47. The monoisotopic (exact) mass is 239 g/mol. The molecule has 5 heteroatoms. The molecule has 1 aromatic heterocycles. The molecule has 0 radical (unpaired) electrons. The smallest absolute Gasteiger partial charge is 0.0858 e. The zero-order chi connectivity index (χ0) is 12.7. The number of aromatic nitrogens is 3. The van der Waals surface area contributed by atoms with Crippen LogP contribution in [0.1, 0.15) is 45.9 Å². The number of ether oxygens (including phenoxy) is 1. The lowest BCUT2D eigenvalue weighted by Gasteiger charge is -2.26. The van der Waals surface area contributed by atoms with Crippen LogP contribution < -0.4 is 0 Å². The predicted octanol–water partition coefficient (Wildman–Crippen LogP) is 1.33. The molecule has 0 saturated carbocycles. The van der Waals surface area contributed by atoms with Gasteiger partial charge in [0.2, 0.25) is 0 Å². The molecule has 0 amide bonds. The van der Waals surface area contributed by atoms with Crippen molar-refractivity contribution in [1.29, 1.82) is 0 Å². The van der Waals surface area contributed by atoms with Crippen LogP contribution in [0.3, 0.4) is 0 Å². The van der Waals surface area contributed by atoms with E-state index in [0.29, 0.717) is 6.42 Å². The summed E-state index contributed by atoms with van der Waals surface area (Å²) in [5, 5.41) is 17.1. The molecule has 1 unspecified atom stereocenters. The van der Waals surface area contributed by atoms with Crippen LogP contribution in [-0.4, -0.2) is 37.9 Å². The molecule has 0 bridgehead atoms. The third-order valence-corrected chi connectivity index (χ3v) is 3.27. The average molecular weight is 239 g/mol. The SMILES string of the molecule is CC1(C)CC(n2cc(CCO)nn2)C(C)(C)O1. The Kier molecular flexibility index (Phi) is 2.99. The maximum absolute atomic E-state index is 8.88. The Morgan fingerprint density at radius 1 is 1.47 bits per heavy atom. The minimum absolute atomic E-state index is 0.106. The van der Waals surface area contributed by atoms with Gasteiger partial charge in [-0.2, -0.15) is 0 Å². The van der Waals surface area contributed by atoms with Crippen molar-refractivity contribution in [2.24, 2.45) is 0 Å². The number of nitrogens with zero attached hydrogens (tertiary/aromatic N) is 3. The first-order chi connectivity index (χ1) is 7.84. The summed E-state index contributed by atoms with van der Waals surface area (Å²) in [4.78, 5) is 0. The highest BCUT2D eigenvalue weighted by atomic mass is 16.5. The van der Waals surface area contributed by atoms with Gasteiger partial charge >= 0.3 is 0 Å². The average Bonchev–Trinajstić information content (AvgIpc) is 2.68. The molecule has 0 aromatic carbocycles. The van der Waals surface area contributed by atoms with Crippen molar-refractivity contribution < 1.29 is 9.84 Å². The lowest BCUT2D eigenvalue weighted by molar-refractivity contribution is -0.0738. The van der Waals surface area contributed by atoms with Crippen molar-refractivity contribution in [1.82, 2.24) is 15.0 Å². The highest BCUT2D eigenvalue weighted by molar-refractivity contribution is 5.01. The molecule has 1 fully saturated rings. The maximum Gasteiger partial charge on any atom is 0.0858 e. The van der Waals surface area contributed by atoms with E-state index in [2.05, 4.69) is 38.0 Å². The molecule has 17 heavy (non-hydrogen) atoms. The standard InChI is InChI=1S/C12H21N3O2/c1-11(2)7-10(12(3,4)17-11)15-8-9(5-6-16)13-14-15/h8,10,16H,5-7H2,1-4H3. The molecular weight excluding hydrogens is 218 g/mol. The van der Waals surface area contributed by atoms with E-state index in [1.54, 1.807) is 0 Å². The minimum Gasteiger partial charge on any atom is -0.396 e. The summed E-state index contributed by atoms with van der Waals surface area (Å²) in [5.41, 5.74) is 0.457. The molecule has 5 nitrogen and oxygen atoms in total. The quantitative estimate of drug-likeness (QED) is 0.864. The summed E-state index contributed by atoms with van der Waals surface area (Å²) < 4.78 is 7.91. The predicted molar refractivity (Wildman–Crippen MR) is 63.7 cm³/mol. The fraction of sp³-hybridized carbons (Fsp3) is 0.833. The number of hydrogen-bond donors (Lipinski definition) is 1. The van der Waals surface area contributed by atoms with E-state index < -0.39 is 0 Å². The van der Waals surface area contributed by atoms with Gasteiger partial charge in [0.15, 0.2) is 0 Å². The summed E-state index contributed by atoms with van der Waals surface area (Å²) in [6, 6.07) is 0.192. The molecule has 2 heterocycles. The number of rotatable bonds is 3. The molecule has 1 N–H and O–H groups in total. The summed E-state index contributed by atoms with van der Waals surface area (Å²) >= 11 is 0. The molecule has 1 saturated heterocycles. The van der Waals surface area contributed by atoms with Crippen LogP contribution in [-0.2, 0) is 11.2 Å². The Morgan fingerprint density at radius 2 is 2.18 bits per heavy atom. The summed E-state index contributed by atoms with van der Waals surface area (Å²) in [7, 11) is 0. The fourth-order valence-electron chi connectivity index (χ4n) is 2.64. The van der Waals surface area contributed by atoms with E-state index in [9.17, 15) is 0 Å². The van der Waals surface area contributed by atoms with E-state index in [1.165, 1.54) is 0 Å². The van der Waals surface area contributed by atoms with Crippen LogP contribution in [0.15, 0.2) is 6.20 Å². The third-order valence-electron chi connectivity index (χ3n) is 3.27. The molecule has 0 spiro atoms. The van der Waals surface area contributed by atoms with Crippen molar-refractivity contribution in [3.63, 3.8) is 0 Å². The summed E-state index contributed by atoms with van der Waals surface area (Å²) in [6.07, 6.45) is 3.38. The highest BCUT2D eigenvalue weighted by Crippen LogP contribution is 2.44. The van der Waals surface area contributed by atoms with Crippen LogP contribution in [0, 0.1) is 0 Å². The lowest BCUT2D eigenvalue weighted by Crippen LogP contribution is -2.31. The molecule has 1 aliphatic rings. The first-order valence-corrected chi connectivity index (χ1v) is 6.06. The van der Waals surface area contributed by atoms with E-state index in [1.807, 2.05) is 10.9 Å². The Hall–Kier alpha value is -0.940. The number of hydrogen-bond acceptors (Lipinski definition) is 4. The van der Waals surface area contributed by atoms with Crippen molar-refractivity contribution in [2.75, 3.05) is 6.61 Å². The molecule has 2 rings (SSSR count). The first kappa shape index (κ1) is 12.5. The van der Waals surface area contributed by atoms with Crippen LogP contribution >= 0.6 is 0 Å². The Balaban J connectivity index is 2.21. The molecule has 1 aromatic rings. The van der Waals surface area contributed by atoms with Crippen LogP contribution in [0.4, 0.5) is 0 Å². The molecule has 1 aliphatic heterocycles. The Labute approximate surface area is 102 Å². The van der Waals surface area contributed by atoms with Crippen LogP contribution in [0.5, 0.6) is 0 Å². The van der Waals surface area contributed by atoms with Gasteiger partial charge in [0.05, 0.1) is 22.9 Å². The van der Waals surface area contributed by atoms with E-state index in [-0.39, 0.29) is 23.9 Å². The summed E-state index contributed by atoms with van der Waals surface area (Å²) in [5.74, 6) is 0. The number of aliphatic hydroxyl groups excluding tert-OH is 1. The Morgan fingerprint density at radius 3 is 2.71 bits per heavy atom. The van der Waals surface area contributed by atoms with E-state index in [4.69, 9.17) is 9.84 Å². The zero-order valence-electron chi connectivity index (χ0n) is 11.0. The van der Waals surface area contributed by atoms with Crippen LogP contribution in [0.2, 0.25) is 0 Å². The van der Waals surface area contributed by atoms with Crippen molar-refractivity contribution in [3.05, 3.63) is 11.9 Å². The molecule has 96 valence electrons. The van der Waals surface area contributed by atoms with Gasteiger partial charge in [-0.1, -0.05) is 5.21 Å². The van der Waals surface area contributed by atoms with Crippen LogP contribution in [0.25, 0.3) is 0 Å². The third kappa shape index (κ3) is 2.50. The topological polar surface area (TPSA) is 60.2 Å². The molecular formula is C12H21N3O2. The van der Waals surface area contributed by atoms with E-state index in [0.717, 1.165) is 12.1 Å². The molecule has 1 atom stereocenters. The van der Waals surface area contributed by atoms with Gasteiger partial charge in [0, 0.05) is 25.6 Å². The van der Waals surface area contributed by atoms with Crippen molar-refractivity contribution in [3.8, 4) is 0 Å². The van der Waals surface area contributed by atoms with Gasteiger partial charge in [0.25, 0.3) is 0 Å². The maximum atomic E-state index is 8.88. The van der Waals surface area contributed by atoms with E-state index >= 15 is 0 Å². The van der Waals surface area contributed by atoms with Gasteiger partial charge in [-0.3, -0.25) is 0 Å². The fourth-order valence-corrected chi connectivity index (χ4v) is 2.64. The second-order valence-electron chi connectivity index (χ2n) is 5.85. The van der Waals surface area contributed by atoms with Crippen molar-refractivity contribution >= 4 is 0 Å². The second-order valence-corrected chi connectivity index (χ2v) is 5.85. The van der Waals surface area contributed by atoms with Gasteiger partial charge in [-0.05, 0) is 27.7 Å². The largest absolute Gasteiger partial charge is 0.396 e. The molecule has 0 aliphatic carbocycles. The lowest BCUT2D eigenvalue weighted by atomic mass is 9.95. The van der Waals surface area contributed by atoms with Gasteiger partial charge in [0.1, 0.15) is 0 Å². The Bertz CT molecular complexity index is 398. The van der Waals surface area contributed by atoms with Gasteiger partial charge < -0.3 is 9.84 Å². The van der Waals surface area contributed by atoms with Crippen molar-refractivity contribution in [2.45, 2.75) is 57.8 Å². The van der Waals surface area contributed by atoms with Gasteiger partial charge in [-0.15, -0.1) is 5.10 Å².